The molecule has 1 fully saturated rings. The van der Waals surface area contributed by atoms with E-state index >= 15 is 0 Å². The molecular formula is C13H19N3O. The van der Waals surface area contributed by atoms with E-state index in [0.717, 1.165) is 5.71 Å². The number of hydrazone groups is 1. The van der Waals surface area contributed by atoms with Crippen molar-refractivity contribution >= 4 is 11.6 Å². The maximum absolute atomic E-state index is 11.6. The van der Waals surface area contributed by atoms with Crippen LogP contribution in [0.1, 0.15) is 49.5 Å². The Morgan fingerprint density at radius 1 is 1.41 bits per heavy atom. The Bertz CT molecular complexity index is 389. The number of hydrogen-bond donors (Lipinski definition) is 2. The third-order valence-electron chi connectivity index (χ3n) is 3.37. The minimum absolute atomic E-state index is 0.176. The van der Waals surface area contributed by atoms with Gasteiger partial charge in [0.2, 0.25) is 0 Å². The molecule has 17 heavy (non-hydrogen) atoms. The summed E-state index contributed by atoms with van der Waals surface area (Å²) in [4.78, 5) is 14.5. The lowest BCUT2D eigenvalue weighted by atomic mass is 9.86. The number of H-pyrrole nitrogens is 1. The first-order chi connectivity index (χ1) is 8.27. The maximum atomic E-state index is 11.6. The Hall–Kier alpha value is -1.58. The lowest BCUT2D eigenvalue weighted by Crippen LogP contribution is -2.23. The van der Waals surface area contributed by atoms with Crippen LogP contribution in [0.25, 0.3) is 0 Å². The molecule has 0 radical (unpaired) electrons. The van der Waals surface area contributed by atoms with E-state index in [-0.39, 0.29) is 5.91 Å². The zero-order valence-electron chi connectivity index (χ0n) is 10.2. The second kappa shape index (κ2) is 5.66. The summed E-state index contributed by atoms with van der Waals surface area (Å²) >= 11 is 0. The molecule has 0 spiro atoms. The Morgan fingerprint density at radius 3 is 2.82 bits per heavy atom. The zero-order chi connectivity index (χ0) is 12.1. The summed E-state index contributed by atoms with van der Waals surface area (Å²) in [5.74, 6) is 0.373. The standard InChI is InChI=1S/C13H19N3O/c1-10(11-6-3-2-4-7-11)15-16-13(17)12-8-5-9-14-12/h5,8-9,11,14H,2-4,6-7H2,1H3,(H,16,17)/b15-10-. The first kappa shape index (κ1) is 11.9. The highest BCUT2D eigenvalue weighted by atomic mass is 16.2. The summed E-state index contributed by atoms with van der Waals surface area (Å²) in [6.45, 7) is 2.00. The van der Waals surface area contributed by atoms with Gasteiger partial charge in [0.25, 0.3) is 5.91 Å². The van der Waals surface area contributed by atoms with E-state index in [2.05, 4.69) is 15.5 Å². The van der Waals surface area contributed by atoms with Crippen LogP contribution in [0.15, 0.2) is 23.4 Å². The summed E-state index contributed by atoms with van der Waals surface area (Å²) in [5.41, 5.74) is 4.19. The molecule has 1 aliphatic carbocycles. The molecule has 2 N–H and O–H groups in total. The van der Waals surface area contributed by atoms with Crippen molar-refractivity contribution in [2.45, 2.75) is 39.0 Å². The normalized spacial score (nSPS) is 18.1. The zero-order valence-corrected chi connectivity index (χ0v) is 10.2. The van der Waals surface area contributed by atoms with Crippen LogP contribution >= 0.6 is 0 Å². The molecule has 0 aromatic carbocycles. The van der Waals surface area contributed by atoms with Gasteiger partial charge in [-0.2, -0.15) is 5.10 Å². The van der Waals surface area contributed by atoms with Crippen LogP contribution < -0.4 is 5.43 Å². The van der Waals surface area contributed by atoms with E-state index in [1.807, 2.05) is 6.92 Å². The first-order valence-electron chi connectivity index (χ1n) is 6.25. The van der Waals surface area contributed by atoms with Crippen molar-refractivity contribution in [1.82, 2.24) is 10.4 Å². The van der Waals surface area contributed by atoms with Gasteiger partial charge in [0, 0.05) is 11.9 Å². The van der Waals surface area contributed by atoms with Gasteiger partial charge in [-0.1, -0.05) is 19.3 Å². The van der Waals surface area contributed by atoms with E-state index in [1.165, 1.54) is 32.1 Å². The molecule has 0 saturated heterocycles. The molecule has 1 aromatic rings. The number of aromatic amines is 1. The summed E-state index contributed by atoms with van der Waals surface area (Å²) in [5, 5.41) is 4.20. The Morgan fingerprint density at radius 2 is 2.18 bits per heavy atom. The van der Waals surface area contributed by atoms with Gasteiger partial charge in [0.15, 0.2) is 0 Å². The maximum Gasteiger partial charge on any atom is 0.287 e. The van der Waals surface area contributed by atoms with Gasteiger partial charge in [0.05, 0.1) is 0 Å². The number of rotatable bonds is 3. The van der Waals surface area contributed by atoms with Crippen LogP contribution in [0.5, 0.6) is 0 Å². The first-order valence-corrected chi connectivity index (χ1v) is 6.25. The molecule has 4 heteroatoms. The molecule has 1 heterocycles. The van der Waals surface area contributed by atoms with Crippen molar-refractivity contribution in [2.24, 2.45) is 11.0 Å². The van der Waals surface area contributed by atoms with Crippen LogP contribution in [0.2, 0.25) is 0 Å². The number of amides is 1. The predicted octanol–water partition coefficient (Wildman–Crippen LogP) is 2.70. The second-order valence-electron chi connectivity index (χ2n) is 4.61. The third kappa shape index (κ3) is 3.19. The number of carbonyl (C=O) groups is 1. The van der Waals surface area contributed by atoms with E-state index in [0.29, 0.717) is 11.6 Å². The summed E-state index contributed by atoms with van der Waals surface area (Å²) in [7, 11) is 0. The van der Waals surface area contributed by atoms with Gasteiger partial charge in [-0.3, -0.25) is 4.79 Å². The van der Waals surface area contributed by atoms with Crippen molar-refractivity contribution < 1.29 is 4.79 Å². The highest BCUT2D eigenvalue weighted by Gasteiger charge is 2.16. The summed E-state index contributed by atoms with van der Waals surface area (Å²) in [6.07, 6.45) is 8.02. The number of nitrogens with one attached hydrogen (secondary N) is 2. The number of aromatic nitrogens is 1. The van der Waals surface area contributed by atoms with E-state index in [4.69, 9.17) is 0 Å². The van der Waals surface area contributed by atoms with Crippen molar-refractivity contribution in [3.8, 4) is 0 Å². The van der Waals surface area contributed by atoms with Gasteiger partial charge in [-0.05, 0) is 37.8 Å². The minimum Gasteiger partial charge on any atom is -0.357 e. The lowest BCUT2D eigenvalue weighted by Gasteiger charge is -2.20. The third-order valence-corrected chi connectivity index (χ3v) is 3.37. The molecular weight excluding hydrogens is 214 g/mol. The molecule has 4 nitrogen and oxygen atoms in total. The van der Waals surface area contributed by atoms with Crippen molar-refractivity contribution in [3.63, 3.8) is 0 Å². The number of carbonyl (C=O) groups excluding carboxylic acids is 1. The minimum atomic E-state index is -0.176. The molecule has 0 aliphatic heterocycles. The van der Waals surface area contributed by atoms with Crippen LogP contribution in [0.3, 0.4) is 0 Å². The fourth-order valence-electron chi connectivity index (χ4n) is 2.28. The number of hydrogen-bond acceptors (Lipinski definition) is 2. The molecule has 0 unspecified atom stereocenters. The Labute approximate surface area is 101 Å². The van der Waals surface area contributed by atoms with Crippen LogP contribution in [0, 0.1) is 5.92 Å². The fourth-order valence-corrected chi connectivity index (χ4v) is 2.28. The van der Waals surface area contributed by atoms with Crippen LogP contribution in [0.4, 0.5) is 0 Å². The average molecular weight is 233 g/mol. The van der Waals surface area contributed by atoms with Gasteiger partial charge in [-0.15, -0.1) is 0 Å². The molecule has 0 atom stereocenters. The molecule has 1 aliphatic rings. The van der Waals surface area contributed by atoms with E-state index in [9.17, 15) is 4.79 Å². The Balaban J connectivity index is 1.89. The molecule has 92 valence electrons. The van der Waals surface area contributed by atoms with E-state index in [1.54, 1.807) is 18.3 Å². The van der Waals surface area contributed by atoms with Crippen molar-refractivity contribution in [3.05, 3.63) is 24.0 Å². The molecule has 1 saturated carbocycles. The molecule has 0 bridgehead atoms. The predicted molar refractivity (Wildman–Crippen MR) is 67.9 cm³/mol. The van der Waals surface area contributed by atoms with Crippen LogP contribution in [-0.2, 0) is 0 Å². The second-order valence-corrected chi connectivity index (χ2v) is 4.61. The van der Waals surface area contributed by atoms with Crippen molar-refractivity contribution in [2.75, 3.05) is 0 Å². The van der Waals surface area contributed by atoms with Gasteiger partial charge in [0.1, 0.15) is 5.69 Å². The monoisotopic (exact) mass is 233 g/mol. The number of nitrogens with zero attached hydrogens (tertiary/aromatic N) is 1. The molecule has 1 aromatic heterocycles. The van der Waals surface area contributed by atoms with Crippen LogP contribution in [-0.4, -0.2) is 16.6 Å². The lowest BCUT2D eigenvalue weighted by molar-refractivity contribution is 0.0950. The fraction of sp³-hybridized carbons (Fsp3) is 0.538. The SMILES string of the molecule is C/C(=N/NC(=O)c1ccc[nH]1)C1CCCCC1. The topological polar surface area (TPSA) is 57.2 Å². The highest BCUT2D eigenvalue weighted by molar-refractivity contribution is 5.93. The van der Waals surface area contributed by atoms with E-state index < -0.39 is 0 Å². The smallest absolute Gasteiger partial charge is 0.287 e. The Kier molecular flexibility index (Phi) is 3.96. The largest absolute Gasteiger partial charge is 0.357 e. The van der Waals surface area contributed by atoms with Crippen molar-refractivity contribution in [1.29, 1.82) is 0 Å². The average Bonchev–Trinajstić information content (AvgIpc) is 2.90. The highest BCUT2D eigenvalue weighted by Crippen LogP contribution is 2.24. The molecule has 1 amide bonds. The summed E-state index contributed by atoms with van der Waals surface area (Å²) < 4.78 is 0. The van der Waals surface area contributed by atoms with Gasteiger partial charge >= 0.3 is 0 Å². The summed E-state index contributed by atoms with van der Waals surface area (Å²) in [6, 6.07) is 3.54. The molecule has 2 rings (SSSR count). The van der Waals surface area contributed by atoms with Gasteiger partial charge < -0.3 is 4.98 Å². The van der Waals surface area contributed by atoms with Gasteiger partial charge in [-0.25, -0.2) is 5.43 Å². The quantitative estimate of drug-likeness (QED) is 0.612.